The number of nitro benzene ring substituents is 2. The summed E-state index contributed by atoms with van der Waals surface area (Å²) in [6.07, 6.45) is -2.85. The zero-order valence-electron chi connectivity index (χ0n) is 55.3. The minimum Gasteiger partial charge on any atom is -0.454 e. The molecule has 31 nitrogen and oxygen atoms in total. The van der Waals surface area contributed by atoms with Crippen molar-refractivity contribution in [1.29, 1.82) is 0 Å². The van der Waals surface area contributed by atoms with E-state index in [9.17, 15) is 58.6 Å². The number of nitro groups is 2. The van der Waals surface area contributed by atoms with E-state index in [4.69, 9.17) is 58.4 Å². The first-order valence-electron chi connectivity index (χ1n) is 29.0. The van der Waals surface area contributed by atoms with Gasteiger partial charge in [0.1, 0.15) is 16.8 Å². The summed E-state index contributed by atoms with van der Waals surface area (Å²) in [6.45, 7) is 33.8. The van der Waals surface area contributed by atoms with E-state index in [1.165, 1.54) is 58.3 Å². The molecule has 6 heterocycles. The number of halogens is 2. The number of ketones is 1. The molecular formula is C60H81Cl2N13O18. The molecule has 33 heteroatoms. The number of aromatic amines is 1. The monoisotopic (exact) mass is 1340 g/mol. The van der Waals surface area contributed by atoms with Crippen LogP contribution in [0.2, 0.25) is 0 Å². The average molecular weight is 1340 g/mol. The fourth-order valence-electron chi connectivity index (χ4n) is 9.50. The Balaban J connectivity index is 0.000000271. The topological polar surface area (TPSA) is 404 Å². The van der Waals surface area contributed by atoms with E-state index in [0.29, 0.717) is 47.2 Å². The standard InChI is InChI=1S/C23H28N4O7.C15H24N4O4.C12H20N4O2.C7H4ClNO3.C3H5ClO2/c1-7-33-21(30)26-19-16(13-25(23(19,5)6)20(29)34-22(2,3)4)17(24-26)12-18(28)14-8-10-15(11-9-14)27(31)32;1-7-22-13(21)19-10-9(11(16)17-19)8-18(15(10,5)6)12(20)23-14(2,3)4;1-11(2,3)18-10(17)16-6-7-8(12(16,4)5)14-15-9(7)13;8-7(10)5-1-3-6(4-2-5)9(11)12;1-2-6-3(4)5/h8-11H,7,12-13H2,1-6H3;7-8H2,1-6H3,(H2,16,17);6H2,1-5H3,(H3,13,14,15);1-4H;2H2,1H3. The first-order valence-corrected chi connectivity index (χ1v) is 29.7. The Kier molecular flexibility index (Phi) is 24.5. The predicted octanol–water partition coefficient (Wildman–Crippen LogP) is 12.0. The minimum atomic E-state index is -0.966. The molecule has 0 unspecified atom stereocenters. The van der Waals surface area contributed by atoms with Gasteiger partial charge < -0.3 is 39.9 Å². The number of hydrogen-bond donors (Lipinski definition) is 3. The van der Waals surface area contributed by atoms with Crippen molar-refractivity contribution < 1.29 is 76.6 Å². The van der Waals surface area contributed by atoms with Crippen LogP contribution < -0.4 is 11.5 Å². The number of Topliss-reactive ketones (excluding diaryl/α,β-unsaturated/α-hetero) is 1. The van der Waals surface area contributed by atoms with Gasteiger partial charge in [-0.2, -0.15) is 19.6 Å². The first-order chi connectivity index (χ1) is 42.7. The fraction of sp³-hybridized carbons (Fsp3) is 0.517. The molecule has 0 atom stereocenters. The van der Waals surface area contributed by atoms with Gasteiger partial charge >= 0.3 is 35.9 Å². The zero-order valence-corrected chi connectivity index (χ0v) is 56.8. The van der Waals surface area contributed by atoms with Crippen molar-refractivity contribution in [3.8, 4) is 0 Å². The van der Waals surface area contributed by atoms with E-state index in [1.807, 2.05) is 48.5 Å². The van der Waals surface area contributed by atoms with Crippen LogP contribution in [0.1, 0.15) is 185 Å². The third-order valence-corrected chi connectivity index (χ3v) is 14.1. The molecule has 5 aromatic rings. The van der Waals surface area contributed by atoms with Gasteiger partial charge in [0.2, 0.25) is 0 Å². The summed E-state index contributed by atoms with van der Waals surface area (Å²) in [4.78, 5) is 120. The first kappa shape index (κ1) is 76.1. The van der Waals surface area contributed by atoms with Crippen molar-refractivity contribution in [2.24, 2.45) is 0 Å². The van der Waals surface area contributed by atoms with E-state index >= 15 is 0 Å². The van der Waals surface area contributed by atoms with Crippen LogP contribution in [0.4, 0.5) is 51.8 Å². The summed E-state index contributed by atoms with van der Waals surface area (Å²) in [7, 11) is 0. The van der Waals surface area contributed by atoms with Gasteiger partial charge in [-0.3, -0.25) is 49.6 Å². The van der Waals surface area contributed by atoms with Crippen LogP contribution in [-0.2, 0) is 71.1 Å². The Morgan fingerprint density at radius 1 is 0.538 bits per heavy atom. The number of amides is 3. The molecule has 0 aliphatic carbocycles. The lowest BCUT2D eigenvalue weighted by Gasteiger charge is -2.34. The van der Waals surface area contributed by atoms with E-state index in [2.05, 4.69) is 25.1 Å². The van der Waals surface area contributed by atoms with Crippen molar-refractivity contribution in [2.45, 2.75) is 184 Å². The molecule has 0 saturated carbocycles. The SMILES string of the molecule is CC(C)(C)OC(=O)N1Cc2c(N)n[nH]c2C1(C)C.CCOC(=O)Cl.CCOC(=O)n1nc(CC(=O)c2ccc([N+](=O)[O-])cc2)c2c1C(C)(C)N(C(=O)OC(C)(C)C)C2.CCOC(=O)n1nc(N)c2c1C(C)(C)N(C(=O)OC(C)(C)C)C2.O=C(Cl)c1ccc([N+](=O)[O-])cc1. The normalized spacial score (nSPS) is 14.4. The Morgan fingerprint density at radius 3 is 1.26 bits per heavy atom. The molecule has 0 radical (unpaired) electrons. The quantitative estimate of drug-likeness (QED) is 0.0405. The lowest BCUT2D eigenvalue weighted by Crippen LogP contribution is -2.44. The molecule has 2 aromatic carbocycles. The third kappa shape index (κ3) is 19.1. The third-order valence-electron chi connectivity index (χ3n) is 13.7. The van der Waals surface area contributed by atoms with Crippen LogP contribution in [0.5, 0.6) is 0 Å². The number of hydrogen-bond acceptors (Lipinski definition) is 23. The van der Waals surface area contributed by atoms with Gasteiger partial charge in [0.05, 0.1) is 95.1 Å². The molecule has 5 N–H and O–H groups in total. The van der Waals surface area contributed by atoms with Gasteiger partial charge in [-0.1, -0.05) is 0 Å². The number of anilines is 2. The fourth-order valence-corrected chi connectivity index (χ4v) is 9.74. The molecule has 0 fully saturated rings. The number of nitrogen functional groups attached to an aromatic ring is 2. The number of nitrogens with two attached hydrogens (primary N) is 2. The molecule has 3 amide bonds. The zero-order chi connectivity index (χ0) is 70.8. The number of benzene rings is 2. The summed E-state index contributed by atoms with van der Waals surface area (Å²) in [5.41, 5.74) is 11.5. The minimum absolute atomic E-state index is 0.0586. The van der Waals surface area contributed by atoms with E-state index < -0.39 is 78.3 Å². The molecule has 0 spiro atoms. The smallest absolute Gasteiger partial charge is 0.435 e. The number of H-pyrrole nitrogens is 1. The van der Waals surface area contributed by atoms with Crippen LogP contribution in [0.25, 0.3) is 0 Å². The van der Waals surface area contributed by atoms with E-state index in [0.717, 1.165) is 20.6 Å². The largest absolute Gasteiger partial charge is 0.454 e. The number of fused-ring (bicyclic) bond motifs is 3. The van der Waals surface area contributed by atoms with Crippen LogP contribution in [0, 0.1) is 20.2 Å². The van der Waals surface area contributed by atoms with E-state index in [-0.39, 0.29) is 72.9 Å². The highest BCUT2D eigenvalue weighted by molar-refractivity contribution is 6.67. The summed E-state index contributed by atoms with van der Waals surface area (Å²) in [5.74, 6) is 0.330. The summed E-state index contributed by atoms with van der Waals surface area (Å²) >= 11 is 9.84. The maximum Gasteiger partial charge on any atom is 0.435 e. The van der Waals surface area contributed by atoms with Crippen molar-refractivity contribution in [3.05, 3.63) is 119 Å². The molecule has 508 valence electrons. The summed E-state index contributed by atoms with van der Waals surface area (Å²) < 4.78 is 33.0. The number of rotatable bonds is 9. The van der Waals surface area contributed by atoms with Crippen LogP contribution in [-0.4, -0.2) is 138 Å². The number of aromatic nitrogens is 6. The average Bonchev–Trinajstić information content (AvgIpc) is 1.59. The van der Waals surface area contributed by atoms with Crippen molar-refractivity contribution in [1.82, 2.24) is 44.5 Å². The highest BCUT2D eigenvalue weighted by Gasteiger charge is 2.50. The Morgan fingerprint density at radius 2 is 0.903 bits per heavy atom. The number of non-ortho nitro benzene ring substituents is 2. The number of carbonyl (C=O) groups is 8. The van der Waals surface area contributed by atoms with Crippen LogP contribution in [0.3, 0.4) is 0 Å². The maximum atomic E-state index is 12.9. The molecule has 8 rings (SSSR count). The second-order valence-electron chi connectivity index (χ2n) is 25.2. The van der Waals surface area contributed by atoms with Gasteiger partial charge in [-0.15, -0.1) is 5.10 Å². The number of ether oxygens (including phenoxy) is 6. The van der Waals surface area contributed by atoms with Crippen molar-refractivity contribution in [3.63, 3.8) is 0 Å². The van der Waals surface area contributed by atoms with Gasteiger partial charge in [0, 0.05) is 63.7 Å². The van der Waals surface area contributed by atoms with Gasteiger partial charge in [-0.05, 0) is 160 Å². The van der Waals surface area contributed by atoms with Gasteiger partial charge in [-0.25, -0.2) is 28.8 Å². The van der Waals surface area contributed by atoms with Gasteiger partial charge in [0.15, 0.2) is 17.4 Å². The maximum absolute atomic E-state index is 12.9. The van der Waals surface area contributed by atoms with Crippen LogP contribution in [0.15, 0.2) is 48.5 Å². The number of nitrogens with zero attached hydrogens (tertiary/aromatic N) is 10. The predicted molar refractivity (Wildman–Crippen MR) is 338 cm³/mol. The molecule has 0 bridgehead atoms. The Labute approximate surface area is 546 Å². The molecule has 93 heavy (non-hydrogen) atoms. The van der Waals surface area contributed by atoms with E-state index in [1.54, 1.807) is 81.1 Å². The van der Waals surface area contributed by atoms with Crippen molar-refractivity contribution in [2.75, 3.05) is 31.3 Å². The number of nitrogens with one attached hydrogen (secondary N) is 1. The van der Waals surface area contributed by atoms with Gasteiger partial charge in [0.25, 0.3) is 16.6 Å². The second-order valence-corrected chi connectivity index (χ2v) is 25.9. The molecular weight excluding hydrogens is 1260 g/mol. The summed E-state index contributed by atoms with van der Waals surface area (Å²) in [6, 6.07) is 10.3. The molecule has 3 aliphatic heterocycles. The lowest BCUT2D eigenvalue weighted by molar-refractivity contribution is -0.385. The molecule has 3 aliphatic rings. The number of carbonyl (C=O) groups excluding carboxylic acids is 8. The summed E-state index contributed by atoms with van der Waals surface area (Å²) in [5, 5.41) is 35.7. The van der Waals surface area contributed by atoms with Crippen LogP contribution >= 0.6 is 23.2 Å². The molecule has 3 aromatic heterocycles. The highest BCUT2D eigenvalue weighted by Crippen LogP contribution is 2.44. The second kappa shape index (κ2) is 29.9. The van der Waals surface area contributed by atoms with Crippen molar-refractivity contribution >= 4 is 93.1 Å². The highest BCUT2D eigenvalue weighted by atomic mass is 35.5. The Hall–Kier alpha value is -9.39. The lowest BCUT2D eigenvalue weighted by atomic mass is 9.98. The molecule has 0 saturated heterocycles. The Bertz CT molecular complexity index is 3580.